The minimum Gasteiger partial charge on any atom is -0.481 e. The van der Waals surface area contributed by atoms with E-state index in [2.05, 4.69) is 16.8 Å². The number of likely N-dealkylation sites (N-methyl/N-ethyl adjacent to an activating group) is 1. The zero-order valence-corrected chi connectivity index (χ0v) is 13.5. The zero-order valence-electron chi connectivity index (χ0n) is 13.5. The maximum atomic E-state index is 12.4. The Hall–Kier alpha value is -1.14. The van der Waals surface area contributed by atoms with E-state index in [0.717, 1.165) is 39.0 Å². The van der Waals surface area contributed by atoms with Gasteiger partial charge in [-0.05, 0) is 53.5 Å². The molecule has 1 aliphatic rings. The van der Waals surface area contributed by atoms with Gasteiger partial charge in [0.15, 0.2) is 0 Å². The van der Waals surface area contributed by atoms with E-state index in [0.29, 0.717) is 18.9 Å². The Kier molecular flexibility index (Phi) is 7.67. The third-order valence-electron chi connectivity index (χ3n) is 4.02. The number of carboxylic acids is 1. The molecule has 6 nitrogen and oxygen atoms in total. The number of carbonyl (C=O) groups is 2. The van der Waals surface area contributed by atoms with Gasteiger partial charge in [0, 0.05) is 32.0 Å². The molecular formula is C15H29N3O3. The highest BCUT2D eigenvalue weighted by atomic mass is 16.4. The van der Waals surface area contributed by atoms with Crippen LogP contribution < -0.4 is 0 Å². The van der Waals surface area contributed by atoms with Gasteiger partial charge in [0.1, 0.15) is 0 Å². The van der Waals surface area contributed by atoms with Crippen molar-refractivity contribution in [3.05, 3.63) is 0 Å². The van der Waals surface area contributed by atoms with E-state index >= 15 is 0 Å². The van der Waals surface area contributed by atoms with Gasteiger partial charge in [0.2, 0.25) is 5.91 Å². The lowest BCUT2D eigenvalue weighted by molar-refractivity contribution is -0.137. The molecule has 0 atom stereocenters. The fourth-order valence-corrected chi connectivity index (χ4v) is 2.66. The minimum absolute atomic E-state index is 0.0701. The average Bonchev–Trinajstić information content (AvgIpc) is 2.40. The minimum atomic E-state index is -0.832. The summed E-state index contributed by atoms with van der Waals surface area (Å²) in [5.41, 5.74) is 0. The molecule has 6 heteroatoms. The van der Waals surface area contributed by atoms with Crippen LogP contribution in [0.15, 0.2) is 0 Å². The predicted octanol–water partition coefficient (Wildman–Crippen LogP) is 0.726. The van der Waals surface area contributed by atoms with Gasteiger partial charge in [-0.15, -0.1) is 0 Å². The first kappa shape index (κ1) is 17.9. The fourth-order valence-electron chi connectivity index (χ4n) is 2.66. The average molecular weight is 299 g/mol. The molecule has 0 radical (unpaired) electrons. The summed E-state index contributed by atoms with van der Waals surface area (Å²) in [6.45, 7) is 3.61. The molecule has 1 amide bonds. The van der Waals surface area contributed by atoms with Gasteiger partial charge in [-0.25, -0.2) is 0 Å². The number of hydrogen-bond acceptors (Lipinski definition) is 4. The van der Waals surface area contributed by atoms with E-state index in [-0.39, 0.29) is 12.3 Å². The van der Waals surface area contributed by atoms with Gasteiger partial charge in [0.25, 0.3) is 0 Å². The first-order chi connectivity index (χ1) is 9.90. The topological polar surface area (TPSA) is 64.1 Å². The number of likely N-dealkylation sites (tertiary alicyclic amines) is 1. The van der Waals surface area contributed by atoms with E-state index in [1.54, 1.807) is 0 Å². The van der Waals surface area contributed by atoms with Crippen LogP contribution in [0.4, 0.5) is 0 Å². The molecule has 1 fully saturated rings. The predicted molar refractivity (Wildman–Crippen MR) is 82.3 cm³/mol. The van der Waals surface area contributed by atoms with Crippen molar-refractivity contribution in [2.24, 2.45) is 0 Å². The molecular weight excluding hydrogens is 270 g/mol. The van der Waals surface area contributed by atoms with Gasteiger partial charge in [-0.1, -0.05) is 0 Å². The standard InChI is InChI=1S/C15H29N3O3/c1-16(2)11-12-18(13-7-9-17(3)10-8-13)14(19)5-4-6-15(20)21/h13H,4-12H2,1-3H3,(H,20,21). The summed E-state index contributed by atoms with van der Waals surface area (Å²) in [6.07, 6.45) is 2.86. The van der Waals surface area contributed by atoms with Crippen molar-refractivity contribution in [2.45, 2.75) is 38.1 Å². The van der Waals surface area contributed by atoms with E-state index < -0.39 is 5.97 Å². The van der Waals surface area contributed by atoms with Crippen LogP contribution in [0.5, 0.6) is 0 Å². The van der Waals surface area contributed by atoms with E-state index in [1.165, 1.54) is 0 Å². The Bertz CT molecular complexity index is 339. The molecule has 0 aromatic rings. The number of nitrogens with zero attached hydrogens (tertiary/aromatic N) is 3. The van der Waals surface area contributed by atoms with Crippen molar-refractivity contribution in [3.8, 4) is 0 Å². The smallest absolute Gasteiger partial charge is 0.303 e. The lowest BCUT2D eigenvalue weighted by atomic mass is 10.0. The molecule has 122 valence electrons. The summed E-state index contributed by atoms with van der Waals surface area (Å²) in [5, 5.41) is 8.68. The van der Waals surface area contributed by atoms with Crippen LogP contribution in [0, 0.1) is 0 Å². The summed E-state index contributed by atoms with van der Waals surface area (Å²) in [7, 11) is 6.11. The lowest BCUT2D eigenvalue weighted by Gasteiger charge is -2.38. The summed E-state index contributed by atoms with van der Waals surface area (Å²) in [5.74, 6) is -0.727. The van der Waals surface area contributed by atoms with Gasteiger partial charge < -0.3 is 19.8 Å². The van der Waals surface area contributed by atoms with Gasteiger partial charge in [0.05, 0.1) is 0 Å². The normalized spacial score (nSPS) is 17.1. The highest BCUT2D eigenvalue weighted by molar-refractivity contribution is 5.77. The molecule has 1 rings (SSSR count). The van der Waals surface area contributed by atoms with Gasteiger partial charge >= 0.3 is 5.97 Å². The van der Waals surface area contributed by atoms with Crippen LogP contribution in [0.3, 0.4) is 0 Å². The molecule has 0 aromatic heterocycles. The van der Waals surface area contributed by atoms with E-state index in [9.17, 15) is 9.59 Å². The molecule has 1 saturated heterocycles. The Labute approximate surface area is 127 Å². The summed E-state index contributed by atoms with van der Waals surface area (Å²) < 4.78 is 0. The van der Waals surface area contributed by atoms with E-state index in [1.807, 2.05) is 19.0 Å². The third-order valence-corrected chi connectivity index (χ3v) is 4.02. The van der Waals surface area contributed by atoms with Crippen LogP contribution in [0.25, 0.3) is 0 Å². The van der Waals surface area contributed by atoms with Crippen LogP contribution in [-0.4, -0.2) is 85.0 Å². The van der Waals surface area contributed by atoms with Crippen molar-refractivity contribution in [2.75, 3.05) is 47.3 Å². The second-order valence-electron chi connectivity index (χ2n) is 6.17. The summed E-state index contributed by atoms with van der Waals surface area (Å²) in [6, 6.07) is 0.304. The van der Waals surface area contributed by atoms with Crippen molar-refractivity contribution in [3.63, 3.8) is 0 Å². The van der Waals surface area contributed by atoms with Crippen molar-refractivity contribution in [1.82, 2.24) is 14.7 Å². The van der Waals surface area contributed by atoms with E-state index in [4.69, 9.17) is 5.11 Å². The first-order valence-electron chi connectivity index (χ1n) is 7.74. The van der Waals surface area contributed by atoms with Gasteiger partial charge in [-0.3, -0.25) is 9.59 Å². The monoisotopic (exact) mass is 299 g/mol. The number of piperidine rings is 1. The summed E-state index contributed by atoms with van der Waals surface area (Å²) >= 11 is 0. The fraction of sp³-hybridized carbons (Fsp3) is 0.867. The van der Waals surface area contributed by atoms with Crippen LogP contribution >= 0.6 is 0 Å². The number of hydrogen-bond donors (Lipinski definition) is 1. The van der Waals surface area contributed by atoms with Crippen molar-refractivity contribution in [1.29, 1.82) is 0 Å². The quantitative estimate of drug-likeness (QED) is 0.716. The van der Waals surface area contributed by atoms with Crippen LogP contribution in [-0.2, 0) is 9.59 Å². The second-order valence-corrected chi connectivity index (χ2v) is 6.17. The van der Waals surface area contributed by atoms with Crippen LogP contribution in [0.1, 0.15) is 32.1 Å². The maximum Gasteiger partial charge on any atom is 0.303 e. The molecule has 0 aliphatic carbocycles. The third kappa shape index (κ3) is 6.91. The number of aliphatic carboxylic acids is 1. The van der Waals surface area contributed by atoms with Crippen molar-refractivity contribution < 1.29 is 14.7 Å². The molecule has 1 aliphatic heterocycles. The zero-order chi connectivity index (χ0) is 15.8. The number of amides is 1. The highest BCUT2D eigenvalue weighted by Crippen LogP contribution is 2.17. The number of carbonyl (C=O) groups excluding carboxylic acids is 1. The molecule has 0 spiro atoms. The largest absolute Gasteiger partial charge is 0.481 e. The SMILES string of the molecule is CN(C)CCN(C(=O)CCCC(=O)O)C1CCN(C)CC1. The van der Waals surface area contributed by atoms with Gasteiger partial charge in [-0.2, -0.15) is 0 Å². The Morgan fingerprint density at radius 2 is 1.76 bits per heavy atom. The second kappa shape index (κ2) is 9.00. The number of carboxylic acid groups (broad SMARTS) is 1. The Morgan fingerprint density at radius 1 is 1.14 bits per heavy atom. The molecule has 0 aromatic carbocycles. The molecule has 0 unspecified atom stereocenters. The lowest BCUT2D eigenvalue weighted by Crippen LogP contribution is -2.48. The Morgan fingerprint density at radius 3 is 2.29 bits per heavy atom. The molecule has 21 heavy (non-hydrogen) atoms. The number of rotatable bonds is 8. The maximum absolute atomic E-state index is 12.4. The molecule has 1 N–H and O–H groups in total. The molecule has 0 saturated carbocycles. The summed E-state index contributed by atoms with van der Waals surface area (Å²) in [4.78, 5) is 29.3. The molecule has 1 heterocycles. The Balaban J connectivity index is 2.54. The molecule has 0 bridgehead atoms. The van der Waals surface area contributed by atoms with Crippen molar-refractivity contribution >= 4 is 11.9 Å². The first-order valence-corrected chi connectivity index (χ1v) is 7.74. The van der Waals surface area contributed by atoms with Crippen LogP contribution in [0.2, 0.25) is 0 Å². The highest BCUT2D eigenvalue weighted by Gasteiger charge is 2.26.